The van der Waals surface area contributed by atoms with E-state index >= 15 is 0 Å². The Balaban J connectivity index is 1.30. The van der Waals surface area contributed by atoms with Gasteiger partial charge in [0, 0.05) is 36.8 Å². The summed E-state index contributed by atoms with van der Waals surface area (Å²) in [6.07, 6.45) is 1.52. The van der Waals surface area contributed by atoms with Crippen LogP contribution in [-0.2, 0) is 0 Å². The number of imide groups is 1. The second kappa shape index (κ2) is 10.8. The van der Waals surface area contributed by atoms with Crippen LogP contribution in [0.1, 0.15) is 31.1 Å². The Morgan fingerprint density at radius 1 is 0.816 bits per heavy atom. The molecule has 1 aromatic heterocycles. The fourth-order valence-corrected chi connectivity index (χ4v) is 5.48. The largest absolute Gasteiger partial charge is 0.366 e. The summed E-state index contributed by atoms with van der Waals surface area (Å²) in [5.41, 5.74) is 2.61. The smallest absolute Gasteiger partial charge is 0.259 e. The highest BCUT2D eigenvalue weighted by Gasteiger charge is 2.28. The van der Waals surface area contributed by atoms with Gasteiger partial charge in [0.05, 0.1) is 49.2 Å². The highest BCUT2D eigenvalue weighted by molar-refractivity contribution is 6.41. The van der Waals surface area contributed by atoms with E-state index in [-0.39, 0.29) is 21.5 Å². The number of aromatic nitrogens is 2. The Morgan fingerprint density at radius 2 is 1.55 bits per heavy atom. The molecule has 2 heterocycles. The van der Waals surface area contributed by atoms with E-state index in [0.717, 1.165) is 0 Å². The molecule has 38 heavy (non-hydrogen) atoms. The van der Waals surface area contributed by atoms with Gasteiger partial charge in [0.25, 0.3) is 17.7 Å². The molecule has 5 rings (SSSR count). The molecule has 0 bridgehead atoms. The van der Waals surface area contributed by atoms with Crippen LogP contribution in [0.5, 0.6) is 0 Å². The topological polar surface area (TPSA) is 98.4 Å². The number of nitrogens with one attached hydrogen (secondary N) is 2. The molecule has 0 aliphatic carbocycles. The summed E-state index contributed by atoms with van der Waals surface area (Å²) in [6, 6.07) is 12.7. The number of carbonyl (C=O) groups is 3. The second-order valence-corrected chi connectivity index (χ2v) is 10.2. The lowest BCUT2D eigenvalue weighted by molar-refractivity contribution is 0.0746. The van der Waals surface area contributed by atoms with E-state index in [4.69, 9.17) is 46.4 Å². The van der Waals surface area contributed by atoms with Crippen molar-refractivity contribution in [3.63, 3.8) is 0 Å². The first kappa shape index (κ1) is 26.3. The first-order chi connectivity index (χ1) is 18.2. The van der Waals surface area contributed by atoms with Crippen molar-refractivity contribution in [1.82, 2.24) is 20.2 Å². The molecular weight excluding hydrogens is 572 g/mol. The molecule has 3 aromatic carbocycles. The number of fused-ring (bicyclic) bond motifs is 1. The molecular formula is C26H19Cl4N5O3. The van der Waals surface area contributed by atoms with E-state index in [0.29, 0.717) is 64.1 Å². The minimum Gasteiger partial charge on any atom is -0.366 e. The fraction of sp³-hybridized carbons (Fsp3) is 0.154. The van der Waals surface area contributed by atoms with Crippen molar-refractivity contribution in [2.45, 2.75) is 0 Å². The van der Waals surface area contributed by atoms with Gasteiger partial charge in [-0.25, -0.2) is 4.98 Å². The van der Waals surface area contributed by atoms with Gasteiger partial charge in [-0.05, 0) is 48.5 Å². The second-order valence-electron chi connectivity index (χ2n) is 8.58. The van der Waals surface area contributed by atoms with E-state index in [2.05, 4.69) is 15.3 Å². The molecule has 0 unspecified atom stereocenters. The van der Waals surface area contributed by atoms with E-state index in [1.54, 1.807) is 41.3 Å². The number of carbonyl (C=O) groups excluding carboxylic acids is 3. The zero-order valence-corrected chi connectivity index (χ0v) is 22.6. The van der Waals surface area contributed by atoms with Gasteiger partial charge in [-0.2, -0.15) is 0 Å². The van der Waals surface area contributed by atoms with Gasteiger partial charge >= 0.3 is 0 Å². The van der Waals surface area contributed by atoms with Gasteiger partial charge in [0.15, 0.2) is 0 Å². The van der Waals surface area contributed by atoms with Crippen LogP contribution < -0.4 is 10.2 Å². The van der Waals surface area contributed by atoms with Gasteiger partial charge in [-0.1, -0.05) is 46.4 Å². The summed E-state index contributed by atoms with van der Waals surface area (Å²) in [7, 11) is 0. The van der Waals surface area contributed by atoms with Crippen molar-refractivity contribution in [1.29, 1.82) is 0 Å². The average Bonchev–Trinajstić information content (AvgIpc) is 3.37. The van der Waals surface area contributed by atoms with Gasteiger partial charge in [0.2, 0.25) is 0 Å². The number of H-pyrrole nitrogens is 1. The third-order valence-electron chi connectivity index (χ3n) is 6.27. The highest BCUT2D eigenvalue weighted by atomic mass is 35.5. The molecule has 0 saturated carbocycles. The Kier molecular flexibility index (Phi) is 7.49. The molecule has 194 valence electrons. The predicted molar refractivity (Wildman–Crippen MR) is 149 cm³/mol. The van der Waals surface area contributed by atoms with Crippen molar-refractivity contribution < 1.29 is 14.4 Å². The van der Waals surface area contributed by atoms with Crippen molar-refractivity contribution in [3.8, 4) is 0 Å². The number of piperazine rings is 1. The quantitative estimate of drug-likeness (QED) is 0.297. The number of benzene rings is 3. The standard InChI is InChI=1S/C26H19Cl4N5O3/c27-15-2-3-16(19(29)12-15)26(38)35-9-7-34(8-10-35)23-18(28)5-4-17(22(23)30)25(37)33-24(36)14-1-6-20-21(11-14)32-13-31-20/h1-6,11-13H,7-10H2,(H,31,32)(H,33,36,37). The zero-order chi connectivity index (χ0) is 27.0. The third-order valence-corrected chi connectivity index (χ3v) is 7.50. The van der Waals surface area contributed by atoms with Crippen LogP contribution in [0.15, 0.2) is 54.9 Å². The predicted octanol–water partition coefficient (Wildman–Crippen LogP) is 5.71. The van der Waals surface area contributed by atoms with E-state index in [9.17, 15) is 14.4 Å². The van der Waals surface area contributed by atoms with Crippen LogP contribution >= 0.6 is 46.4 Å². The molecule has 4 aromatic rings. The molecule has 1 aliphatic heterocycles. The van der Waals surface area contributed by atoms with Crippen molar-refractivity contribution in [2.24, 2.45) is 0 Å². The minimum atomic E-state index is -0.659. The first-order valence-corrected chi connectivity index (χ1v) is 13.0. The minimum absolute atomic E-state index is 0.105. The maximum Gasteiger partial charge on any atom is 0.259 e. The molecule has 1 saturated heterocycles. The maximum absolute atomic E-state index is 13.0. The number of hydrogen-bond acceptors (Lipinski definition) is 5. The van der Waals surface area contributed by atoms with Crippen LogP contribution in [0, 0.1) is 0 Å². The van der Waals surface area contributed by atoms with Gasteiger partial charge in [0.1, 0.15) is 0 Å². The molecule has 8 nitrogen and oxygen atoms in total. The number of aromatic amines is 1. The van der Waals surface area contributed by atoms with Crippen LogP contribution in [0.4, 0.5) is 5.69 Å². The number of rotatable bonds is 4. The summed E-state index contributed by atoms with van der Waals surface area (Å²) in [4.78, 5) is 49.3. The molecule has 0 spiro atoms. The average molecular weight is 591 g/mol. The van der Waals surface area contributed by atoms with Crippen LogP contribution in [0.25, 0.3) is 11.0 Å². The number of nitrogens with zero attached hydrogens (tertiary/aromatic N) is 3. The molecule has 2 N–H and O–H groups in total. The monoisotopic (exact) mass is 589 g/mol. The summed E-state index contributed by atoms with van der Waals surface area (Å²) in [5, 5.41) is 3.58. The Labute approximate surface area is 237 Å². The van der Waals surface area contributed by atoms with Crippen LogP contribution in [-0.4, -0.2) is 58.8 Å². The zero-order valence-electron chi connectivity index (χ0n) is 19.6. The van der Waals surface area contributed by atoms with E-state index in [1.165, 1.54) is 18.5 Å². The maximum atomic E-state index is 13.0. The van der Waals surface area contributed by atoms with Gasteiger partial charge in [-0.3, -0.25) is 19.7 Å². The van der Waals surface area contributed by atoms with Crippen molar-refractivity contribution >= 4 is 80.8 Å². The normalized spacial score (nSPS) is 13.6. The third kappa shape index (κ3) is 5.17. The summed E-state index contributed by atoms with van der Waals surface area (Å²) >= 11 is 25.3. The summed E-state index contributed by atoms with van der Waals surface area (Å²) < 4.78 is 0. The van der Waals surface area contributed by atoms with Crippen molar-refractivity contribution in [2.75, 3.05) is 31.1 Å². The van der Waals surface area contributed by atoms with Crippen molar-refractivity contribution in [3.05, 3.63) is 91.6 Å². The lowest BCUT2D eigenvalue weighted by Gasteiger charge is -2.37. The molecule has 0 atom stereocenters. The van der Waals surface area contributed by atoms with Crippen LogP contribution in [0.2, 0.25) is 20.1 Å². The lowest BCUT2D eigenvalue weighted by atomic mass is 10.1. The molecule has 1 aliphatic rings. The fourth-order valence-electron chi connectivity index (χ4n) is 4.29. The molecule has 12 heteroatoms. The highest BCUT2D eigenvalue weighted by Crippen LogP contribution is 2.37. The summed E-state index contributed by atoms with van der Waals surface area (Å²) in [5.74, 6) is -1.44. The molecule has 1 fully saturated rings. The number of imidazole rings is 1. The number of anilines is 1. The van der Waals surface area contributed by atoms with E-state index in [1.807, 2.05) is 4.90 Å². The number of hydrogen-bond donors (Lipinski definition) is 2. The molecule has 3 amide bonds. The SMILES string of the molecule is O=C(NC(=O)c1ccc(Cl)c(N2CCN(C(=O)c3ccc(Cl)cc3Cl)CC2)c1Cl)c1ccc2nc[nH]c2c1. The lowest BCUT2D eigenvalue weighted by Crippen LogP contribution is -2.49. The number of amides is 3. The first-order valence-electron chi connectivity index (χ1n) is 11.5. The Morgan fingerprint density at radius 3 is 2.29 bits per heavy atom. The molecule has 0 radical (unpaired) electrons. The van der Waals surface area contributed by atoms with E-state index < -0.39 is 11.8 Å². The van der Waals surface area contributed by atoms with Gasteiger partial charge < -0.3 is 14.8 Å². The number of halogens is 4. The Bertz CT molecular complexity index is 1580. The van der Waals surface area contributed by atoms with Gasteiger partial charge in [-0.15, -0.1) is 0 Å². The van der Waals surface area contributed by atoms with Crippen LogP contribution in [0.3, 0.4) is 0 Å². The summed E-state index contributed by atoms with van der Waals surface area (Å²) in [6.45, 7) is 1.61. The Hall–Kier alpha value is -3.30.